The first-order chi connectivity index (χ1) is 10.2. The van der Waals surface area contributed by atoms with Crippen LogP contribution in [0, 0.1) is 0 Å². The molecule has 5 atom stereocenters. The SMILES string of the molecule is CC(=O)N[C@]1([Si](C)(C)C)[C@@H](O)[C@H](O)[C@@H](CO)OC1(O)[Si](C)(C)C. The van der Waals surface area contributed by atoms with Crippen LogP contribution in [0.1, 0.15) is 6.92 Å². The van der Waals surface area contributed by atoms with Crippen LogP contribution in [0.15, 0.2) is 0 Å². The lowest BCUT2D eigenvalue weighted by Gasteiger charge is -2.64. The Kier molecular flexibility index (Phi) is 5.60. The normalized spacial score (nSPS) is 39.2. The van der Waals surface area contributed by atoms with Gasteiger partial charge < -0.3 is 30.5 Å². The Balaban J connectivity index is 3.72. The van der Waals surface area contributed by atoms with Crippen molar-refractivity contribution >= 4 is 22.1 Å². The number of rotatable bonds is 4. The van der Waals surface area contributed by atoms with Crippen molar-refractivity contribution in [3.05, 3.63) is 0 Å². The lowest BCUT2D eigenvalue weighted by Crippen LogP contribution is -2.90. The second-order valence-corrected chi connectivity index (χ2v) is 18.9. The summed E-state index contributed by atoms with van der Waals surface area (Å²) in [5.41, 5.74) is -1.83. The molecule has 0 saturated carbocycles. The van der Waals surface area contributed by atoms with Crippen molar-refractivity contribution in [2.45, 2.75) is 75.1 Å². The third-order valence-corrected chi connectivity index (χ3v) is 10.7. The van der Waals surface area contributed by atoms with Crippen molar-refractivity contribution in [2.75, 3.05) is 6.61 Å². The number of aliphatic hydroxyl groups is 4. The zero-order valence-corrected chi connectivity index (χ0v) is 17.0. The lowest BCUT2D eigenvalue weighted by molar-refractivity contribution is -0.296. The molecule has 136 valence electrons. The molecule has 1 rings (SSSR count). The van der Waals surface area contributed by atoms with Crippen LogP contribution in [-0.2, 0) is 9.53 Å². The van der Waals surface area contributed by atoms with Crippen LogP contribution in [0.2, 0.25) is 39.3 Å². The molecule has 1 aliphatic rings. The molecule has 0 spiro atoms. The average Bonchev–Trinajstić information content (AvgIpc) is 2.35. The first-order valence-electron chi connectivity index (χ1n) is 7.81. The number of aliphatic hydroxyl groups excluding tert-OH is 3. The summed E-state index contributed by atoms with van der Waals surface area (Å²) in [6.45, 7) is 12.1. The molecular weight excluding hydrogens is 334 g/mol. The van der Waals surface area contributed by atoms with Crippen LogP contribution in [0.5, 0.6) is 0 Å². The van der Waals surface area contributed by atoms with Gasteiger partial charge in [-0.25, -0.2) is 0 Å². The van der Waals surface area contributed by atoms with Crippen molar-refractivity contribution in [1.82, 2.24) is 5.32 Å². The zero-order chi connectivity index (χ0) is 18.4. The summed E-state index contributed by atoms with van der Waals surface area (Å²) in [7, 11) is -5.08. The molecule has 0 aromatic carbocycles. The minimum absolute atomic E-state index is 0.415. The van der Waals surface area contributed by atoms with Gasteiger partial charge in [0.25, 0.3) is 0 Å². The third kappa shape index (κ3) is 3.03. The van der Waals surface area contributed by atoms with Gasteiger partial charge in [-0.3, -0.25) is 4.79 Å². The number of hydrogen-bond donors (Lipinski definition) is 5. The maximum Gasteiger partial charge on any atom is 0.217 e. The lowest BCUT2D eigenvalue weighted by atomic mass is 9.95. The monoisotopic (exact) mass is 365 g/mol. The predicted molar refractivity (Wildman–Crippen MR) is 92.2 cm³/mol. The molecule has 5 N–H and O–H groups in total. The second kappa shape index (κ2) is 6.21. The molecule has 0 aromatic heterocycles. The van der Waals surface area contributed by atoms with Gasteiger partial charge in [-0.15, -0.1) is 0 Å². The molecule has 0 radical (unpaired) electrons. The van der Waals surface area contributed by atoms with E-state index in [1.54, 1.807) is 0 Å². The fraction of sp³-hybridized carbons (Fsp3) is 0.929. The van der Waals surface area contributed by atoms with Gasteiger partial charge in [0.05, 0.1) is 14.7 Å². The maximum atomic E-state index is 11.9. The summed E-state index contributed by atoms with van der Waals surface area (Å²) in [5.74, 6) is -0.415. The summed E-state index contributed by atoms with van der Waals surface area (Å²) in [4.78, 5) is 11.9. The highest BCUT2D eigenvalue weighted by Crippen LogP contribution is 2.47. The molecule has 1 saturated heterocycles. The van der Waals surface area contributed by atoms with Crippen LogP contribution in [0.4, 0.5) is 0 Å². The third-order valence-electron chi connectivity index (χ3n) is 4.76. The quantitative estimate of drug-likeness (QED) is 0.425. The van der Waals surface area contributed by atoms with E-state index in [-0.39, 0.29) is 0 Å². The van der Waals surface area contributed by atoms with Gasteiger partial charge in [-0.05, 0) is 0 Å². The topological polar surface area (TPSA) is 119 Å². The second-order valence-electron chi connectivity index (χ2n) is 8.41. The highest BCUT2D eigenvalue weighted by molar-refractivity contribution is 6.85. The van der Waals surface area contributed by atoms with Gasteiger partial charge in [0, 0.05) is 6.92 Å². The molecule has 1 aliphatic heterocycles. The number of carbonyl (C=O) groups is 1. The molecule has 1 unspecified atom stereocenters. The van der Waals surface area contributed by atoms with Crippen LogP contribution in [0.25, 0.3) is 0 Å². The average molecular weight is 366 g/mol. The summed E-state index contributed by atoms with van der Waals surface area (Å²) >= 11 is 0. The Morgan fingerprint density at radius 1 is 1.13 bits per heavy atom. The fourth-order valence-corrected chi connectivity index (χ4v) is 10.4. The molecule has 0 aromatic rings. The van der Waals surface area contributed by atoms with Gasteiger partial charge >= 0.3 is 0 Å². The largest absolute Gasteiger partial charge is 0.394 e. The first kappa shape index (κ1) is 20.7. The number of nitrogens with one attached hydrogen (secondary N) is 1. The molecule has 0 aliphatic carbocycles. The molecule has 1 fully saturated rings. The van der Waals surface area contributed by atoms with E-state index < -0.39 is 57.5 Å². The van der Waals surface area contributed by atoms with Gasteiger partial charge in [0.1, 0.15) is 31.5 Å². The zero-order valence-electron chi connectivity index (χ0n) is 15.0. The van der Waals surface area contributed by atoms with E-state index >= 15 is 0 Å². The highest BCUT2D eigenvalue weighted by Gasteiger charge is 2.72. The van der Waals surface area contributed by atoms with E-state index in [0.29, 0.717) is 0 Å². The molecule has 0 bridgehead atoms. The standard InChI is InChI=1S/C14H31NO6Si2/c1-9(17)15-13(22(2,3)4)12(19)11(18)10(8-16)21-14(13,20)23(5,6)7/h10-12,16,18-20H,8H2,1-7H3,(H,15,17)/t10-,11-,12+,13+,14?/m1/s1. The Hall–Kier alpha value is -0.296. The van der Waals surface area contributed by atoms with Crippen LogP contribution < -0.4 is 5.32 Å². The molecule has 1 heterocycles. The van der Waals surface area contributed by atoms with Gasteiger partial charge in [-0.1, -0.05) is 39.3 Å². The van der Waals surface area contributed by atoms with Crippen molar-refractivity contribution in [3.8, 4) is 0 Å². The Bertz CT molecular complexity index is 463. The van der Waals surface area contributed by atoms with E-state index in [0.717, 1.165) is 0 Å². The van der Waals surface area contributed by atoms with E-state index in [1.165, 1.54) is 6.92 Å². The Morgan fingerprint density at radius 3 is 1.91 bits per heavy atom. The predicted octanol–water partition coefficient (Wildman–Crippen LogP) is -0.582. The number of hydrogen-bond acceptors (Lipinski definition) is 6. The number of ether oxygens (including phenoxy) is 1. The molecule has 23 heavy (non-hydrogen) atoms. The van der Waals surface area contributed by atoms with Gasteiger partial charge in [-0.2, -0.15) is 0 Å². The van der Waals surface area contributed by atoms with Crippen molar-refractivity contribution in [3.63, 3.8) is 0 Å². The Morgan fingerprint density at radius 2 is 1.61 bits per heavy atom. The van der Waals surface area contributed by atoms with Crippen molar-refractivity contribution < 1.29 is 30.0 Å². The van der Waals surface area contributed by atoms with Gasteiger partial charge in [0.2, 0.25) is 5.91 Å². The smallest absolute Gasteiger partial charge is 0.217 e. The van der Waals surface area contributed by atoms with Crippen LogP contribution in [0.3, 0.4) is 0 Å². The first-order valence-corrected chi connectivity index (χ1v) is 14.8. The molecule has 7 nitrogen and oxygen atoms in total. The van der Waals surface area contributed by atoms with E-state index in [2.05, 4.69) is 5.32 Å². The number of amides is 1. The molecule has 1 amide bonds. The van der Waals surface area contributed by atoms with E-state index in [9.17, 15) is 25.2 Å². The minimum Gasteiger partial charge on any atom is -0.394 e. The summed E-state index contributed by atoms with van der Waals surface area (Å²) in [5, 5.41) is 43.6. The van der Waals surface area contributed by atoms with Crippen molar-refractivity contribution in [1.29, 1.82) is 0 Å². The maximum absolute atomic E-state index is 11.9. The van der Waals surface area contributed by atoms with Gasteiger partial charge in [0.15, 0.2) is 5.41 Å². The summed E-state index contributed by atoms with van der Waals surface area (Å²) < 4.78 is 5.79. The van der Waals surface area contributed by atoms with Crippen molar-refractivity contribution in [2.24, 2.45) is 0 Å². The van der Waals surface area contributed by atoms with E-state index in [1.807, 2.05) is 39.3 Å². The fourth-order valence-electron chi connectivity index (χ4n) is 3.53. The number of carbonyl (C=O) groups excluding carboxylic acids is 1. The molecule has 9 heteroatoms. The summed E-state index contributed by atoms with van der Waals surface area (Å²) in [6, 6.07) is 0. The van der Waals surface area contributed by atoms with E-state index in [4.69, 9.17) is 4.74 Å². The Labute approximate surface area is 139 Å². The molecular formula is C14H31NO6Si2. The minimum atomic E-state index is -2.55. The van der Waals surface area contributed by atoms with Crippen LogP contribution >= 0.6 is 0 Å². The van der Waals surface area contributed by atoms with Crippen LogP contribution in [-0.4, -0.2) is 78.0 Å². The highest BCUT2D eigenvalue weighted by atomic mass is 28.3. The summed E-state index contributed by atoms with van der Waals surface area (Å²) in [6.07, 6.45) is -3.96.